The Bertz CT molecular complexity index is 1210. The van der Waals surface area contributed by atoms with Gasteiger partial charge < -0.3 is 10.1 Å². The van der Waals surface area contributed by atoms with Crippen LogP contribution in [-0.4, -0.2) is 10.8 Å². The molecule has 0 aromatic heterocycles. The highest BCUT2D eigenvalue weighted by Gasteiger charge is 2.10. The van der Waals surface area contributed by atoms with Gasteiger partial charge in [0.2, 0.25) is 0 Å². The first-order chi connectivity index (χ1) is 15.4. The van der Waals surface area contributed by atoms with Crippen molar-refractivity contribution in [1.82, 2.24) is 0 Å². The van der Waals surface area contributed by atoms with E-state index in [-0.39, 0.29) is 17.9 Å². The number of non-ortho nitro benzene ring substituents is 1. The summed E-state index contributed by atoms with van der Waals surface area (Å²) >= 11 is 0. The first kappa shape index (κ1) is 22.2. The molecule has 0 aliphatic carbocycles. The predicted molar refractivity (Wildman–Crippen MR) is 122 cm³/mol. The summed E-state index contributed by atoms with van der Waals surface area (Å²) in [6, 6.07) is 20.6. The molecule has 7 heteroatoms. The molecule has 1 N–H and O–H groups in total. The van der Waals surface area contributed by atoms with Gasteiger partial charge in [0.1, 0.15) is 24.0 Å². The number of nitrogens with one attached hydrogen (secondary N) is 1. The number of nitro groups is 1. The van der Waals surface area contributed by atoms with Crippen LogP contribution in [0.25, 0.3) is 6.08 Å². The molecular formula is C25H21N3O4. The largest absolute Gasteiger partial charge is 0.489 e. The van der Waals surface area contributed by atoms with E-state index >= 15 is 0 Å². The molecule has 160 valence electrons. The van der Waals surface area contributed by atoms with E-state index in [1.165, 1.54) is 18.2 Å². The summed E-state index contributed by atoms with van der Waals surface area (Å²) in [5.41, 5.74) is 4.30. The molecule has 0 spiro atoms. The number of carbonyl (C=O) groups excluding carboxylic acids is 1. The van der Waals surface area contributed by atoms with Crippen LogP contribution in [0, 0.1) is 35.3 Å². The first-order valence-corrected chi connectivity index (χ1v) is 9.82. The quantitative estimate of drug-likeness (QED) is 0.237. The van der Waals surface area contributed by atoms with E-state index in [4.69, 9.17) is 4.74 Å². The van der Waals surface area contributed by atoms with Crippen LogP contribution in [0.1, 0.15) is 22.3 Å². The second-order valence-corrected chi connectivity index (χ2v) is 7.20. The Morgan fingerprint density at radius 3 is 2.34 bits per heavy atom. The van der Waals surface area contributed by atoms with E-state index < -0.39 is 10.8 Å². The number of anilines is 1. The molecule has 0 aliphatic rings. The number of hydrogen-bond donors (Lipinski definition) is 1. The van der Waals surface area contributed by atoms with Crippen molar-refractivity contribution < 1.29 is 14.5 Å². The number of carbonyl (C=O) groups is 1. The lowest BCUT2D eigenvalue weighted by Crippen LogP contribution is -2.13. The highest BCUT2D eigenvalue weighted by atomic mass is 16.6. The third-order valence-corrected chi connectivity index (χ3v) is 4.87. The second-order valence-electron chi connectivity index (χ2n) is 7.20. The van der Waals surface area contributed by atoms with E-state index in [0.717, 1.165) is 16.7 Å². The minimum absolute atomic E-state index is 0.0113. The maximum atomic E-state index is 12.5. The third-order valence-electron chi connectivity index (χ3n) is 4.87. The minimum Gasteiger partial charge on any atom is -0.489 e. The van der Waals surface area contributed by atoms with Gasteiger partial charge in [-0.25, -0.2) is 0 Å². The standard InChI is InChI=1S/C25H21N3O4/c1-17-3-8-22(13-18(17)2)27-25(29)21(15-26)14-19-6-11-24(12-7-19)32-16-20-4-9-23(10-5-20)28(30)31/h3-14H,16H2,1-2H3,(H,27,29)/b21-14+. The number of nitro benzene ring substituents is 1. The number of nitrogens with zero attached hydrogens (tertiary/aromatic N) is 2. The SMILES string of the molecule is Cc1ccc(NC(=O)/C(C#N)=C/c2ccc(OCc3ccc([N+](=O)[O-])cc3)cc2)cc1C. The van der Waals surface area contributed by atoms with Gasteiger partial charge in [-0.05, 0) is 78.6 Å². The van der Waals surface area contributed by atoms with Crippen LogP contribution in [-0.2, 0) is 11.4 Å². The van der Waals surface area contributed by atoms with Gasteiger partial charge in [-0.1, -0.05) is 18.2 Å². The van der Waals surface area contributed by atoms with Crippen molar-refractivity contribution in [1.29, 1.82) is 5.26 Å². The summed E-state index contributed by atoms with van der Waals surface area (Å²) in [6.45, 7) is 4.20. The van der Waals surface area contributed by atoms with E-state index in [1.807, 2.05) is 32.0 Å². The van der Waals surface area contributed by atoms with Crippen molar-refractivity contribution in [2.24, 2.45) is 0 Å². The maximum Gasteiger partial charge on any atom is 0.269 e. The summed E-state index contributed by atoms with van der Waals surface area (Å²) < 4.78 is 5.69. The van der Waals surface area contributed by atoms with Gasteiger partial charge in [-0.2, -0.15) is 5.26 Å². The van der Waals surface area contributed by atoms with Gasteiger partial charge in [-0.15, -0.1) is 0 Å². The topological polar surface area (TPSA) is 105 Å². The molecule has 0 fully saturated rings. The number of nitriles is 1. The number of benzene rings is 3. The fourth-order valence-electron chi connectivity index (χ4n) is 2.87. The Morgan fingerprint density at radius 1 is 1.06 bits per heavy atom. The lowest BCUT2D eigenvalue weighted by atomic mass is 10.1. The van der Waals surface area contributed by atoms with E-state index in [2.05, 4.69) is 5.32 Å². The van der Waals surface area contributed by atoms with Crippen molar-refractivity contribution in [2.45, 2.75) is 20.5 Å². The average Bonchev–Trinajstić information content (AvgIpc) is 2.79. The van der Waals surface area contributed by atoms with Crippen LogP contribution in [0.4, 0.5) is 11.4 Å². The Balaban J connectivity index is 1.63. The Hall–Kier alpha value is -4.44. The van der Waals surface area contributed by atoms with Gasteiger partial charge in [-0.3, -0.25) is 14.9 Å². The van der Waals surface area contributed by atoms with Gasteiger partial charge >= 0.3 is 0 Å². The predicted octanol–water partition coefficient (Wildman–Crippen LogP) is 5.34. The van der Waals surface area contributed by atoms with Gasteiger partial charge in [0.25, 0.3) is 11.6 Å². The second kappa shape index (κ2) is 10.0. The van der Waals surface area contributed by atoms with Crippen LogP contribution in [0.15, 0.2) is 72.3 Å². The van der Waals surface area contributed by atoms with Crippen LogP contribution in [0.3, 0.4) is 0 Å². The Kier molecular flexibility index (Phi) is 6.99. The molecule has 0 saturated heterocycles. The number of hydrogen-bond acceptors (Lipinski definition) is 5. The van der Waals surface area contributed by atoms with E-state index in [0.29, 0.717) is 17.0 Å². The third kappa shape index (κ3) is 5.80. The zero-order chi connectivity index (χ0) is 23.1. The number of rotatable bonds is 7. The van der Waals surface area contributed by atoms with Crippen molar-refractivity contribution >= 4 is 23.4 Å². The molecule has 1 amide bonds. The molecule has 0 bridgehead atoms. The molecule has 3 aromatic carbocycles. The smallest absolute Gasteiger partial charge is 0.269 e. The van der Waals surface area contributed by atoms with Crippen LogP contribution in [0.5, 0.6) is 5.75 Å². The summed E-state index contributed by atoms with van der Waals surface area (Å²) in [6.07, 6.45) is 1.51. The zero-order valence-corrected chi connectivity index (χ0v) is 17.7. The first-order valence-electron chi connectivity index (χ1n) is 9.82. The van der Waals surface area contributed by atoms with Crippen LogP contribution in [0.2, 0.25) is 0 Å². The van der Waals surface area contributed by atoms with Crippen molar-refractivity contribution in [3.05, 3.63) is 105 Å². The average molecular weight is 427 g/mol. The van der Waals surface area contributed by atoms with Crippen molar-refractivity contribution in [3.8, 4) is 11.8 Å². The Morgan fingerprint density at radius 2 is 1.75 bits per heavy atom. The molecule has 0 saturated carbocycles. The van der Waals surface area contributed by atoms with Crippen LogP contribution >= 0.6 is 0 Å². The number of ether oxygens (including phenoxy) is 1. The zero-order valence-electron chi connectivity index (χ0n) is 17.7. The number of amides is 1. The lowest BCUT2D eigenvalue weighted by Gasteiger charge is -2.08. The van der Waals surface area contributed by atoms with Crippen molar-refractivity contribution in [3.63, 3.8) is 0 Å². The van der Waals surface area contributed by atoms with Crippen molar-refractivity contribution in [2.75, 3.05) is 5.32 Å². The molecule has 0 unspecified atom stereocenters. The summed E-state index contributed by atoms with van der Waals surface area (Å²) in [7, 11) is 0. The monoisotopic (exact) mass is 427 g/mol. The maximum absolute atomic E-state index is 12.5. The van der Waals surface area contributed by atoms with E-state index in [1.54, 1.807) is 42.5 Å². The summed E-state index contributed by atoms with van der Waals surface area (Å²) in [5.74, 6) is 0.118. The summed E-state index contributed by atoms with van der Waals surface area (Å²) in [5, 5.41) is 22.9. The van der Waals surface area contributed by atoms with Crippen LogP contribution < -0.4 is 10.1 Å². The van der Waals surface area contributed by atoms with E-state index in [9.17, 15) is 20.2 Å². The molecular weight excluding hydrogens is 406 g/mol. The van der Waals surface area contributed by atoms with Gasteiger partial charge in [0.15, 0.2) is 0 Å². The molecule has 0 atom stereocenters. The molecule has 0 radical (unpaired) electrons. The van der Waals surface area contributed by atoms with Gasteiger partial charge in [0, 0.05) is 17.8 Å². The molecule has 7 nitrogen and oxygen atoms in total. The lowest BCUT2D eigenvalue weighted by molar-refractivity contribution is -0.384. The minimum atomic E-state index is -0.478. The highest BCUT2D eigenvalue weighted by Crippen LogP contribution is 2.19. The highest BCUT2D eigenvalue weighted by molar-refractivity contribution is 6.09. The fraction of sp³-hybridized carbons (Fsp3) is 0.120. The normalized spacial score (nSPS) is 10.8. The molecule has 0 aliphatic heterocycles. The molecule has 3 aromatic rings. The van der Waals surface area contributed by atoms with Gasteiger partial charge in [0.05, 0.1) is 4.92 Å². The number of aryl methyl sites for hydroxylation is 2. The fourth-order valence-corrected chi connectivity index (χ4v) is 2.87. The molecule has 3 rings (SSSR count). The summed E-state index contributed by atoms with van der Waals surface area (Å²) in [4.78, 5) is 22.7. The molecule has 0 heterocycles. The Labute approximate surface area is 185 Å². The molecule has 32 heavy (non-hydrogen) atoms.